The third-order valence-electron chi connectivity index (χ3n) is 4.32. The Hall–Kier alpha value is -2.92. The van der Waals surface area contributed by atoms with Crippen LogP contribution in [0.5, 0.6) is 0 Å². The average Bonchev–Trinajstić information content (AvgIpc) is 2.63. The summed E-state index contributed by atoms with van der Waals surface area (Å²) in [5, 5.41) is 10.3. The SMILES string of the molecule is CCOC(=O)Cc1c(-c2ccccc2)c2cc(CO)c(C)cc2oc1=O. The molecule has 5 heteroatoms. The summed E-state index contributed by atoms with van der Waals surface area (Å²) in [6.07, 6.45) is -0.168. The number of rotatable bonds is 5. The number of hydrogen-bond donors (Lipinski definition) is 1. The van der Waals surface area contributed by atoms with Gasteiger partial charge >= 0.3 is 11.6 Å². The van der Waals surface area contributed by atoms with Gasteiger partial charge in [-0.1, -0.05) is 30.3 Å². The van der Waals surface area contributed by atoms with Crippen molar-refractivity contribution in [2.75, 3.05) is 6.61 Å². The lowest BCUT2D eigenvalue weighted by Gasteiger charge is -2.13. The van der Waals surface area contributed by atoms with E-state index in [1.165, 1.54) is 0 Å². The topological polar surface area (TPSA) is 76.7 Å². The van der Waals surface area contributed by atoms with Gasteiger partial charge in [0.25, 0.3) is 0 Å². The molecule has 5 nitrogen and oxygen atoms in total. The molecule has 1 heterocycles. The van der Waals surface area contributed by atoms with Crippen molar-refractivity contribution in [2.24, 2.45) is 0 Å². The van der Waals surface area contributed by atoms with E-state index in [0.29, 0.717) is 16.5 Å². The van der Waals surface area contributed by atoms with Crippen LogP contribution >= 0.6 is 0 Å². The van der Waals surface area contributed by atoms with E-state index in [1.807, 2.05) is 43.3 Å². The third-order valence-corrected chi connectivity index (χ3v) is 4.32. The first-order valence-electron chi connectivity index (χ1n) is 8.46. The molecule has 134 valence electrons. The van der Waals surface area contributed by atoms with Gasteiger partial charge in [0.2, 0.25) is 0 Å². The Kier molecular flexibility index (Phi) is 5.19. The van der Waals surface area contributed by atoms with Crippen molar-refractivity contribution in [3.05, 3.63) is 69.6 Å². The Morgan fingerprint density at radius 2 is 1.92 bits per heavy atom. The number of aliphatic hydroxyl groups excluding tert-OH is 1. The van der Waals surface area contributed by atoms with Gasteiger partial charge in [-0.3, -0.25) is 4.79 Å². The van der Waals surface area contributed by atoms with Gasteiger partial charge in [-0.05, 0) is 42.7 Å². The number of aliphatic hydroxyl groups is 1. The van der Waals surface area contributed by atoms with Crippen LogP contribution in [0, 0.1) is 6.92 Å². The van der Waals surface area contributed by atoms with Crippen molar-refractivity contribution >= 4 is 16.9 Å². The minimum atomic E-state index is -0.555. The van der Waals surface area contributed by atoms with Crippen molar-refractivity contribution in [1.82, 2.24) is 0 Å². The molecule has 0 radical (unpaired) electrons. The summed E-state index contributed by atoms with van der Waals surface area (Å²) in [7, 11) is 0. The Morgan fingerprint density at radius 3 is 2.58 bits per heavy atom. The molecule has 3 aromatic rings. The molecule has 26 heavy (non-hydrogen) atoms. The standard InChI is InChI=1S/C21H20O5/c1-3-25-19(23)11-17-20(14-7-5-4-6-8-14)16-10-15(12-22)13(2)9-18(16)26-21(17)24/h4-10,22H,3,11-12H2,1-2H3. The van der Waals surface area contributed by atoms with Crippen LogP contribution in [0.25, 0.3) is 22.1 Å². The fourth-order valence-corrected chi connectivity index (χ4v) is 3.05. The number of esters is 1. The van der Waals surface area contributed by atoms with Crippen LogP contribution in [-0.4, -0.2) is 17.7 Å². The fraction of sp³-hybridized carbons (Fsp3) is 0.238. The quantitative estimate of drug-likeness (QED) is 0.563. The van der Waals surface area contributed by atoms with Gasteiger partial charge in [-0.25, -0.2) is 4.79 Å². The predicted molar refractivity (Wildman–Crippen MR) is 98.9 cm³/mol. The van der Waals surface area contributed by atoms with E-state index >= 15 is 0 Å². The van der Waals surface area contributed by atoms with Crippen molar-refractivity contribution in [3.8, 4) is 11.1 Å². The van der Waals surface area contributed by atoms with E-state index in [2.05, 4.69) is 0 Å². The second-order valence-electron chi connectivity index (χ2n) is 6.02. The molecule has 0 aliphatic carbocycles. The molecule has 0 saturated carbocycles. The largest absolute Gasteiger partial charge is 0.466 e. The van der Waals surface area contributed by atoms with Crippen LogP contribution in [0.4, 0.5) is 0 Å². The van der Waals surface area contributed by atoms with E-state index in [4.69, 9.17) is 9.15 Å². The van der Waals surface area contributed by atoms with Gasteiger partial charge in [-0.2, -0.15) is 0 Å². The number of benzene rings is 2. The molecule has 0 aliphatic heterocycles. The van der Waals surface area contributed by atoms with Crippen LogP contribution < -0.4 is 5.63 Å². The zero-order valence-electron chi connectivity index (χ0n) is 14.7. The highest BCUT2D eigenvalue weighted by Crippen LogP contribution is 2.32. The summed E-state index contributed by atoms with van der Waals surface area (Å²) in [5.74, 6) is -0.481. The predicted octanol–water partition coefficient (Wildman–Crippen LogP) is 3.37. The molecule has 0 amide bonds. The first-order chi connectivity index (χ1) is 12.5. The Balaban J connectivity index is 2.34. The lowest BCUT2D eigenvalue weighted by Crippen LogP contribution is -2.17. The highest BCUT2D eigenvalue weighted by molar-refractivity contribution is 5.97. The second kappa shape index (κ2) is 7.54. The summed E-state index contributed by atoms with van der Waals surface area (Å²) in [4.78, 5) is 24.6. The number of carbonyl (C=O) groups excluding carboxylic acids is 1. The molecule has 1 aromatic heterocycles. The summed E-state index contributed by atoms with van der Waals surface area (Å²) < 4.78 is 10.5. The summed E-state index contributed by atoms with van der Waals surface area (Å²) in [6, 6.07) is 12.9. The van der Waals surface area contributed by atoms with Crippen LogP contribution in [0.15, 0.2) is 51.7 Å². The Morgan fingerprint density at radius 1 is 1.19 bits per heavy atom. The molecular weight excluding hydrogens is 332 g/mol. The lowest BCUT2D eigenvalue weighted by molar-refractivity contribution is -0.142. The number of fused-ring (bicyclic) bond motifs is 1. The zero-order valence-corrected chi connectivity index (χ0v) is 14.7. The number of hydrogen-bond acceptors (Lipinski definition) is 5. The molecule has 0 atom stereocenters. The Bertz CT molecular complexity index is 1000. The first kappa shape index (κ1) is 17.9. The van der Waals surface area contributed by atoms with Gasteiger partial charge in [0, 0.05) is 10.9 Å². The molecule has 0 aliphatic rings. The summed E-state index contributed by atoms with van der Waals surface area (Å²) in [5.41, 5.74) is 3.15. The van der Waals surface area contributed by atoms with Crippen LogP contribution in [0.1, 0.15) is 23.6 Å². The van der Waals surface area contributed by atoms with E-state index in [0.717, 1.165) is 16.7 Å². The number of ether oxygens (including phenoxy) is 1. The number of aryl methyl sites for hydroxylation is 1. The molecule has 0 saturated heterocycles. The van der Waals surface area contributed by atoms with Gasteiger partial charge in [-0.15, -0.1) is 0 Å². The van der Waals surface area contributed by atoms with E-state index in [1.54, 1.807) is 13.0 Å². The van der Waals surface area contributed by atoms with Crippen LogP contribution in [-0.2, 0) is 22.6 Å². The molecule has 0 fully saturated rings. The zero-order chi connectivity index (χ0) is 18.7. The average molecular weight is 352 g/mol. The lowest BCUT2D eigenvalue weighted by atomic mass is 9.93. The van der Waals surface area contributed by atoms with E-state index < -0.39 is 11.6 Å². The molecule has 1 N–H and O–H groups in total. The van der Waals surface area contributed by atoms with Gasteiger partial charge < -0.3 is 14.3 Å². The maximum Gasteiger partial charge on any atom is 0.340 e. The smallest absolute Gasteiger partial charge is 0.340 e. The summed E-state index contributed by atoms with van der Waals surface area (Å²) >= 11 is 0. The van der Waals surface area contributed by atoms with Crippen molar-refractivity contribution in [3.63, 3.8) is 0 Å². The Labute approximate surface area is 150 Å². The number of carbonyl (C=O) groups is 1. The highest BCUT2D eigenvalue weighted by atomic mass is 16.5. The van der Waals surface area contributed by atoms with Crippen LogP contribution in [0.3, 0.4) is 0 Å². The van der Waals surface area contributed by atoms with Gasteiger partial charge in [0.05, 0.1) is 25.2 Å². The van der Waals surface area contributed by atoms with Crippen molar-refractivity contribution in [2.45, 2.75) is 26.9 Å². The fourth-order valence-electron chi connectivity index (χ4n) is 3.05. The third kappa shape index (κ3) is 3.39. The van der Waals surface area contributed by atoms with Crippen molar-refractivity contribution in [1.29, 1.82) is 0 Å². The molecule has 0 unspecified atom stereocenters. The maximum atomic E-state index is 12.6. The first-order valence-corrected chi connectivity index (χ1v) is 8.46. The molecule has 0 spiro atoms. The molecule has 0 bridgehead atoms. The second-order valence-corrected chi connectivity index (χ2v) is 6.02. The van der Waals surface area contributed by atoms with E-state index in [-0.39, 0.29) is 25.2 Å². The minimum absolute atomic E-state index is 0.123. The van der Waals surface area contributed by atoms with E-state index in [9.17, 15) is 14.7 Å². The maximum absolute atomic E-state index is 12.6. The minimum Gasteiger partial charge on any atom is -0.466 e. The van der Waals surface area contributed by atoms with Gasteiger partial charge in [0.15, 0.2) is 0 Å². The monoisotopic (exact) mass is 352 g/mol. The molecule has 3 rings (SSSR count). The molecule has 2 aromatic carbocycles. The molecular formula is C21H20O5. The van der Waals surface area contributed by atoms with Crippen LogP contribution in [0.2, 0.25) is 0 Å². The van der Waals surface area contributed by atoms with Crippen molar-refractivity contribution < 1.29 is 19.1 Å². The summed E-state index contributed by atoms with van der Waals surface area (Å²) in [6.45, 7) is 3.68. The van der Waals surface area contributed by atoms with Gasteiger partial charge in [0.1, 0.15) is 5.58 Å². The highest BCUT2D eigenvalue weighted by Gasteiger charge is 2.20. The normalized spacial score (nSPS) is 10.9.